The van der Waals surface area contributed by atoms with Crippen molar-refractivity contribution in [2.24, 2.45) is 0 Å². The molecule has 6 heteroatoms. The Morgan fingerprint density at radius 3 is 2.90 bits per heavy atom. The minimum atomic E-state index is -0.471. The molecule has 0 fully saturated rings. The number of fused-ring (bicyclic) bond motifs is 1. The Kier molecular flexibility index (Phi) is 3.55. The van der Waals surface area contributed by atoms with Crippen LogP contribution in [0.25, 0.3) is 16.7 Å². The van der Waals surface area contributed by atoms with E-state index < -0.39 is 5.82 Å². The first-order valence-corrected chi connectivity index (χ1v) is 6.85. The van der Waals surface area contributed by atoms with Crippen LogP contribution in [0, 0.1) is 17.1 Å². The molecule has 2 aromatic heterocycles. The molecule has 0 saturated heterocycles. The number of rotatable bonds is 3. The number of hydrogen-bond acceptors (Lipinski definition) is 3. The number of benzene rings is 1. The van der Waals surface area contributed by atoms with E-state index in [2.05, 4.69) is 9.97 Å². The summed E-state index contributed by atoms with van der Waals surface area (Å²) in [5, 5.41) is 8.83. The van der Waals surface area contributed by atoms with Crippen molar-refractivity contribution in [3.8, 4) is 11.8 Å². The van der Waals surface area contributed by atoms with Gasteiger partial charge in [0.25, 0.3) is 0 Å². The SMILES string of the molecule is N#Cc1ccc(-n2c(CCCl)nc3cnccc32)c(F)c1. The van der Waals surface area contributed by atoms with Crippen molar-refractivity contribution in [1.82, 2.24) is 14.5 Å². The minimum Gasteiger partial charge on any atom is -0.293 e. The highest BCUT2D eigenvalue weighted by Crippen LogP contribution is 2.24. The number of nitriles is 1. The molecule has 3 aromatic rings. The molecule has 0 atom stereocenters. The molecular formula is C15H10ClFN4. The lowest BCUT2D eigenvalue weighted by atomic mass is 10.2. The largest absolute Gasteiger partial charge is 0.293 e. The number of aromatic nitrogens is 3. The van der Waals surface area contributed by atoms with Crippen LogP contribution in [0.4, 0.5) is 4.39 Å². The molecule has 0 unspecified atom stereocenters. The van der Waals surface area contributed by atoms with Crippen LogP contribution in [-0.2, 0) is 6.42 Å². The third-order valence-electron chi connectivity index (χ3n) is 3.16. The standard InChI is InChI=1S/C15H10ClFN4/c16-5-3-15-20-12-9-19-6-4-14(12)21(15)13-2-1-10(8-18)7-11(13)17/h1-2,4,6-7,9H,3,5H2. The van der Waals surface area contributed by atoms with Crippen molar-refractivity contribution < 1.29 is 4.39 Å². The van der Waals surface area contributed by atoms with Gasteiger partial charge in [0.1, 0.15) is 17.2 Å². The van der Waals surface area contributed by atoms with Gasteiger partial charge >= 0.3 is 0 Å². The van der Waals surface area contributed by atoms with Gasteiger partial charge in [0, 0.05) is 18.5 Å². The maximum Gasteiger partial charge on any atom is 0.148 e. The normalized spacial score (nSPS) is 10.7. The number of halogens is 2. The van der Waals surface area contributed by atoms with E-state index in [1.807, 2.05) is 6.07 Å². The maximum absolute atomic E-state index is 14.3. The second-order valence-electron chi connectivity index (χ2n) is 4.44. The predicted molar refractivity (Wildman–Crippen MR) is 78.0 cm³/mol. The molecule has 0 N–H and O–H groups in total. The van der Waals surface area contributed by atoms with Gasteiger partial charge in [-0.3, -0.25) is 9.55 Å². The Bertz CT molecular complexity index is 850. The zero-order valence-electron chi connectivity index (χ0n) is 10.9. The highest BCUT2D eigenvalue weighted by molar-refractivity contribution is 6.17. The zero-order valence-corrected chi connectivity index (χ0v) is 11.7. The summed E-state index contributed by atoms with van der Waals surface area (Å²) in [6, 6.07) is 8.07. The Balaban J connectivity index is 2.28. The van der Waals surface area contributed by atoms with Gasteiger partial charge in [-0.05, 0) is 24.3 Å². The van der Waals surface area contributed by atoms with Crippen LogP contribution in [0.15, 0.2) is 36.7 Å². The van der Waals surface area contributed by atoms with Crippen LogP contribution in [-0.4, -0.2) is 20.4 Å². The predicted octanol–water partition coefficient (Wildman–Crippen LogP) is 3.21. The molecular weight excluding hydrogens is 291 g/mol. The van der Waals surface area contributed by atoms with Crippen molar-refractivity contribution in [3.05, 3.63) is 53.9 Å². The lowest BCUT2D eigenvalue weighted by Crippen LogP contribution is -2.04. The van der Waals surface area contributed by atoms with Gasteiger partial charge in [0.15, 0.2) is 0 Å². The van der Waals surface area contributed by atoms with Crippen LogP contribution in [0.2, 0.25) is 0 Å². The van der Waals surface area contributed by atoms with E-state index in [0.29, 0.717) is 29.3 Å². The van der Waals surface area contributed by atoms with Crippen molar-refractivity contribution in [2.75, 3.05) is 5.88 Å². The average molecular weight is 301 g/mol. The Morgan fingerprint density at radius 1 is 1.33 bits per heavy atom. The molecule has 0 saturated carbocycles. The summed E-state index contributed by atoms with van der Waals surface area (Å²) >= 11 is 5.80. The van der Waals surface area contributed by atoms with Gasteiger partial charge in [-0.2, -0.15) is 5.26 Å². The van der Waals surface area contributed by atoms with E-state index in [9.17, 15) is 4.39 Å². The van der Waals surface area contributed by atoms with E-state index in [-0.39, 0.29) is 5.56 Å². The van der Waals surface area contributed by atoms with Gasteiger partial charge in [-0.25, -0.2) is 9.37 Å². The quantitative estimate of drug-likeness (QED) is 0.698. The van der Waals surface area contributed by atoms with E-state index >= 15 is 0 Å². The summed E-state index contributed by atoms with van der Waals surface area (Å²) in [5.41, 5.74) is 2.07. The maximum atomic E-state index is 14.3. The summed E-state index contributed by atoms with van der Waals surface area (Å²) in [6.07, 6.45) is 3.77. The number of alkyl halides is 1. The number of pyridine rings is 1. The summed E-state index contributed by atoms with van der Waals surface area (Å²) < 4.78 is 16.0. The van der Waals surface area contributed by atoms with Gasteiger partial charge in [0.05, 0.1) is 29.0 Å². The lowest BCUT2D eigenvalue weighted by Gasteiger charge is -2.09. The van der Waals surface area contributed by atoms with Gasteiger partial charge in [0.2, 0.25) is 0 Å². The smallest absolute Gasteiger partial charge is 0.148 e. The lowest BCUT2D eigenvalue weighted by molar-refractivity contribution is 0.616. The van der Waals surface area contributed by atoms with E-state index in [4.69, 9.17) is 16.9 Å². The summed E-state index contributed by atoms with van der Waals surface area (Å²) in [7, 11) is 0. The molecule has 4 nitrogen and oxygen atoms in total. The molecule has 0 spiro atoms. The van der Waals surface area contributed by atoms with Crippen LogP contribution in [0.1, 0.15) is 11.4 Å². The fourth-order valence-electron chi connectivity index (χ4n) is 2.26. The van der Waals surface area contributed by atoms with Crippen LogP contribution >= 0.6 is 11.6 Å². The molecule has 3 rings (SSSR count). The van der Waals surface area contributed by atoms with Gasteiger partial charge < -0.3 is 0 Å². The zero-order chi connectivity index (χ0) is 14.8. The van der Waals surface area contributed by atoms with Gasteiger partial charge in [-0.15, -0.1) is 11.6 Å². The number of nitrogens with zero attached hydrogens (tertiary/aromatic N) is 4. The van der Waals surface area contributed by atoms with Gasteiger partial charge in [-0.1, -0.05) is 0 Å². The third-order valence-corrected chi connectivity index (χ3v) is 3.35. The summed E-state index contributed by atoms with van der Waals surface area (Å²) in [5.74, 6) is 0.576. The molecule has 1 aromatic carbocycles. The fourth-order valence-corrected chi connectivity index (χ4v) is 2.43. The highest BCUT2D eigenvalue weighted by Gasteiger charge is 2.15. The summed E-state index contributed by atoms with van der Waals surface area (Å²) in [6.45, 7) is 0. The Labute approximate surface area is 125 Å². The Morgan fingerprint density at radius 2 is 2.19 bits per heavy atom. The number of hydrogen-bond donors (Lipinski definition) is 0. The highest BCUT2D eigenvalue weighted by atomic mass is 35.5. The molecule has 104 valence electrons. The topological polar surface area (TPSA) is 54.5 Å². The Hall–Kier alpha value is -2.45. The first-order chi connectivity index (χ1) is 10.2. The van der Waals surface area contributed by atoms with E-state index in [0.717, 1.165) is 5.52 Å². The number of imidazole rings is 1. The fraction of sp³-hybridized carbons (Fsp3) is 0.133. The molecule has 0 bridgehead atoms. The van der Waals surface area contributed by atoms with E-state index in [1.165, 1.54) is 6.07 Å². The third kappa shape index (κ3) is 2.34. The van der Waals surface area contributed by atoms with Crippen molar-refractivity contribution >= 4 is 22.6 Å². The minimum absolute atomic E-state index is 0.279. The van der Waals surface area contributed by atoms with Crippen LogP contribution < -0.4 is 0 Å². The molecule has 0 aliphatic rings. The first-order valence-electron chi connectivity index (χ1n) is 6.32. The monoisotopic (exact) mass is 300 g/mol. The van der Waals surface area contributed by atoms with E-state index in [1.54, 1.807) is 35.2 Å². The molecule has 0 radical (unpaired) electrons. The van der Waals surface area contributed by atoms with Crippen molar-refractivity contribution in [3.63, 3.8) is 0 Å². The summed E-state index contributed by atoms with van der Waals surface area (Å²) in [4.78, 5) is 8.47. The van der Waals surface area contributed by atoms with Crippen molar-refractivity contribution in [2.45, 2.75) is 6.42 Å². The van der Waals surface area contributed by atoms with Crippen LogP contribution in [0.3, 0.4) is 0 Å². The molecule has 0 aliphatic carbocycles. The average Bonchev–Trinajstić information content (AvgIpc) is 2.85. The molecule has 0 aliphatic heterocycles. The van der Waals surface area contributed by atoms with Crippen molar-refractivity contribution in [1.29, 1.82) is 5.26 Å². The molecule has 21 heavy (non-hydrogen) atoms. The molecule has 0 amide bonds. The second-order valence-corrected chi connectivity index (χ2v) is 4.82. The molecule has 2 heterocycles. The first kappa shape index (κ1) is 13.5. The second kappa shape index (κ2) is 5.51. The van der Waals surface area contributed by atoms with Crippen LogP contribution in [0.5, 0.6) is 0 Å². The number of aryl methyl sites for hydroxylation is 1.